The zero-order valence-corrected chi connectivity index (χ0v) is 14.4. The average Bonchev–Trinajstić information content (AvgIpc) is 2.87. The molecule has 0 aromatic carbocycles. The zero-order valence-electron chi connectivity index (χ0n) is 13.6. The lowest BCUT2D eigenvalue weighted by atomic mass is 9.96. The Morgan fingerprint density at radius 1 is 1.32 bits per heavy atom. The highest BCUT2D eigenvalue weighted by Crippen LogP contribution is 2.22. The minimum atomic E-state index is -2.98. The van der Waals surface area contributed by atoms with Crippen LogP contribution in [0.4, 0.5) is 0 Å². The van der Waals surface area contributed by atoms with Gasteiger partial charge in [0.05, 0.1) is 17.5 Å². The van der Waals surface area contributed by atoms with Gasteiger partial charge in [-0.2, -0.15) is 0 Å². The molecule has 22 heavy (non-hydrogen) atoms. The van der Waals surface area contributed by atoms with Crippen LogP contribution in [0, 0.1) is 5.92 Å². The lowest BCUT2D eigenvalue weighted by Crippen LogP contribution is -2.52. The molecule has 0 aromatic rings. The Labute approximate surface area is 133 Å². The Morgan fingerprint density at radius 3 is 2.41 bits per heavy atom. The third-order valence-corrected chi connectivity index (χ3v) is 6.84. The van der Waals surface area contributed by atoms with Gasteiger partial charge in [-0.1, -0.05) is 0 Å². The SMILES string of the molecule is CCN(C(=O)C(C)N1CCC(CO)CC1)C1CCS(=O)(=O)C1. The molecule has 0 bridgehead atoms. The van der Waals surface area contributed by atoms with Crippen LogP contribution in [0.5, 0.6) is 0 Å². The molecule has 128 valence electrons. The number of hydrogen-bond donors (Lipinski definition) is 1. The van der Waals surface area contributed by atoms with Crippen molar-refractivity contribution in [2.45, 2.75) is 45.2 Å². The molecule has 1 N–H and O–H groups in total. The number of carbonyl (C=O) groups is 1. The standard InChI is InChI=1S/C15H28N2O4S/c1-3-17(14-6-9-22(20,21)11-14)15(19)12(2)16-7-4-13(10-18)5-8-16/h12-14,18H,3-11H2,1-2H3. The Hall–Kier alpha value is -0.660. The summed E-state index contributed by atoms with van der Waals surface area (Å²) in [4.78, 5) is 16.7. The van der Waals surface area contributed by atoms with Gasteiger partial charge in [0.15, 0.2) is 9.84 Å². The minimum absolute atomic E-state index is 0.0343. The second-order valence-electron chi connectivity index (χ2n) is 6.52. The summed E-state index contributed by atoms with van der Waals surface area (Å²) in [7, 11) is -2.98. The summed E-state index contributed by atoms with van der Waals surface area (Å²) in [5, 5.41) is 9.19. The number of hydrogen-bond acceptors (Lipinski definition) is 5. The average molecular weight is 332 g/mol. The maximum absolute atomic E-state index is 12.8. The molecule has 0 spiro atoms. The van der Waals surface area contributed by atoms with Crippen LogP contribution >= 0.6 is 0 Å². The van der Waals surface area contributed by atoms with Crippen molar-refractivity contribution in [1.82, 2.24) is 9.80 Å². The molecular formula is C15H28N2O4S. The summed E-state index contributed by atoms with van der Waals surface area (Å²) in [6, 6.07) is -0.386. The van der Waals surface area contributed by atoms with Gasteiger partial charge in [-0.3, -0.25) is 9.69 Å². The summed E-state index contributed by atoms with van der Waals surface area (Å²) in [6.45, 7) is 6.23. The van der Waals surface area contributed by atoms with E-state index in [1.165, 1.54) is 0 Å². The molecule has 2 aliphatic rings. The van der Waals surface area contributed by atoms with E-state index in [0.29, 0.717) is 18.9 Å². The van der Waals surface area contributed by atoms with Gasteiger partial charge in [0.25, 0.3) is 0 Å². The molecule has 6 nitrogen and oxygen atoms in total. The molecule has 2 fully saturated rings. The number of sulfone groups is 1. The predicted octanol–water partition coefficient (Wildman–Crippen LogP) is 0.115. The molecule has 2 rings (SSSR count). The highest BCUT2D eigenvalue weighted by atomic mass is 32.2. The van der Waals surface area contributed by atoms with Gasteiger partial charge in [0, 0.05) is 19.2 Å². The van der Waals surface area contributed by atoms with Gasteiger partial charge in [-0.25, -0.2) is 8.42 Å². The van der Waals surface area contributed by atoms with E-state index in [0.717, 1.165) is 25.9 Å². The van der Waals surface area contributed by atoms with Crippen LogP contribution in [0.25, 0.3) is 0 Å². The van der Waals surface area contributed by atoms with Gasteiger partial charge < -0.3 is 10.0 Å². The highest BCUT2D eigenvalue weighted by Gasteiger charge is 2.37. The second kappa shape index (κ2) is 7.27. The number of piperidine rings is 1. The fraction of sp³-hybridized carbons (Fsp3) is 0.933. The number of amides is 1. The molecular weight excluding hydrogens is 304 g/mol. The lowest BCUT2D eigenvalue weighted by Gasteiger charge is -2.38. The molecule has 2 atom stereocenters. The summed E-state index contributed by atoms with van der Waals surface area (Å²) >= 11 is 0. The number of carbonyl (C=O) groups excluding carboxylic acids is 1. The maximum atomic E-state index is 12.8. The molecule has 0 saturated carbocycles. The van der Waals surface area contributed by atoms with Gasteiger partial charge in [-0.15, -0.1) is 0 Å². The van der Waals surface area contributed by atoms with Crippen LogP contribution in [0.1, 0.15) is 33.1 Å². The summed E-state index contributed by atoms with van der Waals surface area (Å²) in [5.41, 5.74) is 0. The first-order chi connectivity index (χ1) is 10.4. The van der Waals surface area contributed by atoms with Gasteiger partial charge in [0.1, 0.15) is 0 Å². The second-order valence-corrected chi connectivity index (χ2v) is 8.75. The van der Waals surface area contributed by atoms with Crippen LogP contribution in [-0.2, 0) is 14.6 Å². The van der Waals surface area contributed by atoms with Crippen molar-refractivity contribution in [2.75, 3.05) is 37.7 Å². The van der Waals surface area contributed by atoms with Crippen LogP contribution in [0.2, 0.25) is 0 Å². The van der Waals surface area contributed by atoms with Gasteiger partial charge in [0.2, 0.25) is 5.91 Å². The molecule has 2 aliphatic heterocycles. The molecule has 7 heteroatoms. The van der Waals surface area contributed by atoms with Gasteiger partial charge >= 0.3 is 0 Å². The van der Waals surface area contributed by atoms with E-state index >= 15 is 0 Å². The predicted molar refractivity (Wildman–Crippen MR) is 85.3 cm³/mol. The Kier molecular flexibility index (Phi) is 5.85. The summed E-state index contributed by atoms with van der Waals surface area (Å²) in [6.07, 6.45) is 2.39. The molecule has 2 unspecified atom stereocenters. The molecule has 0 aromatic heterocycles. The van der Waals surface area contributed by atoms with E-state index in [1.807, 2.05) is 13.8 Å². The van der Waals surface area contributed by atoms with E-state index in [2.05, 4.69) is 4.90 Å². The fourth-order valence-corrected chi connectivity index (χ4v) is 5.26. The van der Waals surface area contributed by atoms with E-state index in [-0.39, 0.29) is 36.1 Å². The molecule has 1 amide bonds. The molecule has 0 radical (unpaired) electrons. The smallest absolute Gasteiger partial charge is 0.239 e. The number of nitrogens with zero attached hydrogens (tertiary/aromatic N) is 2. The van der Waals surface area contributed by atoms with E-state index in [9.17, 15) is 18.3 Å². The number of likely N-dealkylation sites (tertiary alicyclic amines) is 1. The minimum Gasteiger partial charge on any atom is -0.396 e. The van der Waals surface area contributed by atoms with E-state index < -0.39 is 9.84 Å². The maximum Gasteiger partial charge on any atom is 0.239 e. The van der Waals surface area contributed by atoms with Crippen molar-refractivity contribution in [3.63, 3.8) is 0 Å². The van der Waals surface area contributed by atoms with Crippen LogP contribution in [-0.4, -0.2) is 79.1 Å². The monoisotopic (exact) mass is 332 g/mol. The third-order valence-electron chi connectivity index (χ3n) is 5.09. The normalized spacial score (nSPS) is 27.7. The summed E-state index contributed by atoms with van der Waals surface area (Å²) < 4.78 is 23.3. The van der Waals surface area contributed by atoms with Crippen molar-refractivity contribution in [3.8, 4) is 0 Å². The first-order valence-electron chi connectivity index (χ1n) is 8.23. The van der Waals surface area contributed by atoms with Gasteiger partial charge in [-0.05, 0) is 52.1 Å². The topological polar surface area (TPSA) is 77.9 Å². The quantitative estimate of drug-likeness (QED) is 0.773. The van der Waals surface area contributed by atoms with Crippen molar-refractivity contribution in [1.29, 1.82) is 0 Å². The van der Waals surface area contributed by atoms with Crippen LogP contribution < -0.4 is 0 Å². The molecule has 0 aliphatic carbocycles. The number of rotatable bonds is 5. The highest BCUT2D eigenvalue weighted by molar-refractivity contribution is 7.91. The molecule has 2 saturated heterocycles. The Bertz CT molecular complexity index is 486. The van der Waals surface area contributed by atoms with E-state index in [1.54, 1.807) is 4.90 Å². The first kappa shape index (κ1) is 17.7. The Morgan fingerprint density at radius 2 is 1.95 bits per heavy atom. The number of aliphatic hydroxyl groups excluding tert-OH is 1. The number of likely N-dealkylation sites (N-methyl/N-ethyl adjacent to an activating group) is 1. The largest absolute Gasteiger partial charge is 0.396 e. The van der Waals surface area contributed by atoms with Crippen LogP contribution in [0.15, 0.2) is 0 Å². The summed E-state index contributed by atoms with van der Waals surface area (Å²) in [5.74, 6) is 0.678. The molecule has 2 heterocycles. The van der Waals surface area contributed by atoms with Crippen molar-refractivity contribution >= 4 is 15.7 Å². The lowest BCUT2D eigenvalue weighted by molar-refractivity contribution is -0.138. The van der Waals surface area contributed by atoms with E-state index in [4.69, 9.17) is 0 Å². The zero-order chi connectivity index (χ0) is 16.3. The van der Waals surface area contributed by atoms with Crippen molar-refractivity contribution < 1.29 is 18.3 Å². The third kappa shape index (κ3) is 4.00. The van der Waals surface area contributed by atoms with Crippen LogP contribution in [0.3, 0.4) is 0 Å². The van der Waals surface area contributed by atoms with Crippen molar-refractivity contribution in [3.05, 3.63) is 0 Å². The first-order valence-corrected chi connectivity index (χ1v) is 10.1. The number of aliphatic hydroxyl groups is 1. The fourth-order valence-electron chi connectivity index (χ4n) is 3.53. The Balaban J connectivity index is 1.96. The van der Waals surface area contributed by atoms with Crippen molar-refractivity contribution in [2.24, 2.45) is 5.92 Å².